The van der Waals surface area contributed by atoms with Crippen LogP contribution in [0, 0.1) is 35.3 Å². The number of nitrogens with one attached hydrogen (secondary N) is 2. The highest BCUT2D eigenvalue weighted by Crippen LogP contribution is 2.54. The molecular formula is C34H46F2N2O3. The van der Waals surface area contributed by atoms with E-state index in [2.05, 4.69) is 52.2 Å². The van der Waals surface area contributed by atoms with Crippen molar-refractivity contribution in [3.8, 4) is 5.75 Å². The quantitative estimate of drug-likeness (QED) is 0.305. The van der Waals surface area contributed by atoms with Gasteiger partial charge < -0.3 is 10.4 Å². The lowest BCUT2D eigenvalue weighted by Crippen LogP contribution is -2.39. The Balaban J connectivity index is 1.71. The second-order valence-corrected chi connectivity index (χ2v) is 13.7. The van der Waals surface area contributed by atoms with Crippen molar-refractivity contribution in [2.24, 2.45) is 23.7 Å². The topological polar surface area (TPSA) is 78.4 Å². The Labute approximate surface area is 243 Å². The number of aromatic hydroxyl groups is 1. The van der Waals surface area contributed by atoms with Gasteiger partial charge in [-0.1, -0.05) is 47.6 Å². The molecule has 0 spiro atoms. The summed E-state index contributed by atoms with van der Waals surface area (Å²) in [5.41, 5.74) is 0.946. The van der Waals surface area contributed by atoms with Crippen LogP contribution in [0.4, 0.5) is 19.3 Å². The van der Waals surface area contributed by atoms with Crippen LogP contribution < -0.4 is 10.6 Å². The van der Waals surface area contributed by atoms with Crippen molar-refractivity contribution in [2.45, 2.75) is 104 Å². The summed E-state index contributed by atoms with van der Waals surface area (Å²) >= 11 is 0. The fourth-order valence-corrected chi connectivity index (χ4v) is 7.36. The van der Waals surface area contributed by atoms with E-state index in [1.54, 1.807) is 12.1 Å². The third kappa shape index (κ3) is 6.44. The highest BCUT2D eigenvalue weighted by Gasteiger charge is 2.44. The molecule has 0 bridgehead atoms. The molecule has 224 valence electrons. The Hall–Kier alpha value is -2.96. The van der Waals surface area contributed by atoms with Gasteiger partial charge in [-0.05, 0) is 116 Å². The maximum atomic E-state index is 14.2. The molecule has 2 aliphatic rings. The molecule has 0 aromatic heterocycles. The molecule has 7 heteroatoms. The van der Waals surface area contributed by atoms with Crippen LogP contribution in [0.5, 0.6) is 5.75 Å². The van der Waals surface area contributed by atoms with Crippen LogP contribution in [-0.2, 0) is 10.8 Å². The van der Waals surface area contributed by atoms with E-state index in [1.165, 1.54) is 0 Å². The number of benzene rings is 2. The van der Waals surface area contributed by atoms with Crippen LogP contribution in [0.2, 0.25) is 0 Å². The number of phenolic OH excluding ortho intramolecular Hbond substituents is 1. The molecular weight excluding hydrogens is 522 g/mol. The summed E-state index contributed by atoms with van der Waals surface area (Å²) in [5.74, 6) is -0.555. The Morgan fingerprint density at radius 1 is 0.805 bits per heavy atom. The number of rotatable bonds is 6. The van der Waals surface area contributed by atoms with Crippen LogP contribution in [0.25, 0.3) is 0 Å². The number of carbonyl (C=O) groups excluding carboxylic acids is 2. The lowest BCUT2D eigenvalue weighted by atomic mass is 9.59. The lowest BCUT2D eigenvalue weighted by Gasteiger charge is -2.46. The molecule has 2 aromatic rings. The first kappa shape index (κ1) is 31.0. The minimum Gasteiger partial charge on any atom is -0.508 e. The van der Waals surface area contributed by atoms with Crippen LogP contribution in [0.1, 0.15) is 114 Å². The molecule has 0 atom stereocenters. The zero-order chi connectivity index (χ0) is 30.1. The molecule has 3 N–H and O–H groups in total. The van der Waals surface area contributed by atoms with Gasteiger partial charge in [0.15, 0.2) is 0 Å². The largest absolute Gasteiger partial charge is 0.508 e. The van der Waals surface area contributed by atoms with Crippen LogP contribution in [0.3, 0.4) is 0 Å². The van der Waals surface area contributed by atoms with Crippen molar-refractivity contribution in [3.05, 3.63) is 58.7 Å². The smallest absolute Gasteiger partial charge is 0.326 e. The molecule has 0 saturated heterocycles. The summed E-state index contributed by atoms with van der Waals surface area (Å²) in [6.07, 6.45) is 7.92. The lowest BCUT2D eigenvalue weighted by molar-refractivity contribution is 0.0959. The first-order valence-corrected chi connectivity index (χ1v) is 15.2. The summed E-state index contributed by atoms with van der Waals surface area (Å²) in [6, 6.07) is 5.55. The minimum absolute atomic E-state index is 0.230. The maximum absolute atomic E-state index is 14.2. The number of hydrogen-bond donors (Lipinski definition) is 3. The minimum atomic E-state index is -1.15. The molecule has 0 unspecified atom stereocenters. The number of halogens is 2. The number of imide groups is 1. The van der Waals surface area contributed by atoms with E-state index in [0.29, 0.717) is 29.4 Å². The van der Waals surface area contributed by atoms with Gasteiger partial charge in [0.05, 0.1) is 0 Å². The van der Waals surface area contributed by atoms with Gasteiger partial charge in [0, 0.05) is 11.3 Å². The molecule has 5 nitrogen and oxygen atoms in total. The highest BCUT2D eigenvalue weighted by molar-refractivity contribution is 6.08. The van der Waals surface area contributed by atoms with Gasteiger partial charge in [0.25, 0.3) is 5.91 Å². The van der Waals surface area contributed by atoms with Crippen LogP contribution >= 0.6 is 0 Å². The van der Waals surface area contributed by atoms with Crippen molar-refractivity contribution in [1.29, 1.82) is 0 Å². The van der Waals surface area contributed by atoms with Crippen molar-refractivity contribution >= 4 is 17.6 Å². The Morgan fingerprint density at radius 3 is 1.73 bits per heavy atom. The summed E-state index contributed by atoms with van der Waals surface area (Å²) in [7, 11) is 0. The van der Waals surface area contributed by atoms with Gasteiger partial charge in [0.1, 0.15) is 22.9 Å². The van der Waals surface area contributed by atoms with Gasteiger partial charge in [-0.2, -0.15) is 0 Å². The second-order valence-electron chi connectivity index (χ2n) is 13.7. The summed E-state index contributed by atoms with van der Waals surface area (Å²) in [4.78, 5) is 25.8. The molecule has 2 fully saturated rings. The van der Waals surface area contributed by atoms with E-state index in [-0.39, 0.29) is 16.6 Å². The zero-order valence-corrected chi connectivity index (χ0v) is 25.4. The first-order valence-electron chi connectivity index (χ1n) is 15.2. The summed E-state index contributed by atoms with van der Waals surface area (Å²) in [6.45, 7) is 13.5. The van der Waals surface area contributed by atoms with Gasteiger partial charge >= 0.3 is 6.03 Å². The number of hydrogen-bond acceptors (Lipinski definition) is 3. The standard InChI is InChI=1S/C34H46F2N2O3/c1-20(2)22-12-16-33(5,17-13-22)29-26(37-32(41)38-31(40)28-24(35)8-7-9-25(28)36)10-11-27(39)30(29)34(6)18-14-23(15-19-34)21(3)4/h7-11,20-23,39H,12-19H2,1-6H3,(H2,37,38,40,41). The molecule has 2 saturated carbocycles. The van der Waals surface area contributed by atoms with Gasteiger partial charge in [-0.25, -0.2) is 13.6 Å². The first-order chi connectivity index (χ1) is 19.3. The average molecular weight is 569 g/mol. The molecule has 41 heavy (non-hydrogen) atoms. The van der Waals surface area contributed by atoms with Crippen molar-refractivity contribution in [1.82, 2.24) is 5.32 Å². The van der Waals surface area contributed by atoms with E-state index >= 15 is 0 Å². The molecule has 4 rings (SSSR count). The van der Waals surface area contributed by atoms with Crippen molar-refractivity contribution in [2.75, 3.05) is 5.32 Å². The maximum Gasteiger partial charge on any atom is 0.326 e. The molecule has 2 aromatic carbocycles. The SMILES string of the molecule is CC(C)C1CCC(C)(c2c(O)ccc(NC(=O)NC(=O)c3c(F)cccc3F)c2C2(C)CCC(C(C)C)CC2)CC1. The van der Waals surface area contributed by atoms with E-state index in [0.717, 1.165) is 80.7 Å². The van der Waals surface area contributed by atoms with Crippen LogP contribution in [0.15, 0.2) is 30.3 Å². The van der Waals surface area contributed by atoms with E-state index in [1.807, 2.05) is 0 Å². The third-order valence-electron chi connectivity index (χ3n) is 10.2. The van der Waals surface area contributed by atoms with Gasteiger partial charge in [-0.15, -0.1) is 0 Å². The molecule has 0 heterocycles. The van der Waals surface area contributed by atoms with Gasteiger partial charge in [-0.3, -0.25) is 10.1 Å². The predicted molar refractivity (Wildman–Crippen MR) is 159 cm³/mol. The molecule has 0 radical (unpaired) electrons. The molecule has 0 aliphatic heterocycles. The predicted octanol–water partition coefficient (Wildman–Crippen LogP) is 8.84. The van der Waals surface area contributed by atoms with E-state index < -0.39 is 29.1 Å². The normalized spacial score (nSPS) is 26.7. The van der Waals surface area contributed by atoms with Crippen LogP contribution in [-0.4, -0.2) is 17.0 Å². The highest BCUT2D eigenvalue weighted by atomic mass is 19.1. The number of phenols is 1. The third-order valence-corrected chi connectivity index (χ3v) is 10.2. The fraction of sp³-hybridized carbons (Fsp3) is 0.588. The number of anilines is 1. The monoisotopic (exact) mass is 568 g/mol. The van der Waals surface area contributed by atoms with Crippen molar-refractivity contribution < 1.29 is 23.5 Å². The zero-order valence-electron chi connectivity index (χ0n) is 25.4. The second kappa shape index (κ2) is 12.1. The Bertz CT molecular complexity index is 1250. The summed E-state index contributed by atoms with van der Waals surface area (Å²) in [5, 5.41) is 16.3. The number of urea groups is 1. The molecule has 3 amide bonds. The van der Waals surface area contributed by atoms with E-state index in [9.17, 15) is 23.5 Å². The van der Waals surface area contributed by atoms with Gasteiger partial charge in [0.2, 0.25) is 0 Å². The fourth-order valence-electron chi connectivity index (χ4n) is 7.36. The van der Waals surface area contributed by atoms with E-state index in [4.69, 9.17) is 0 Å². The Kier molecular flexibility index (Phi) is 9.15. The summed E-state index contributed by atoms with van der Waals surface area (Å²) < 4.78 is 28.4. The number of amides is 3. The molecule has 2 aliphatic carbocycles. The van der Waals surface area contributed by atoms with Crippen molar-refractivity contribution in [3.63, 3.8) is 0 Å². The average Bonchev–Trinajstić information content (AvgIpc) is 2.89. The Morgan fingerprint density at radius 2 is 1.27 bits per heavy atom. The number of carbonyl (C=O) groups is 2.